The van der Waals surface area contributed by atoms with Gasteiger partial charge in [-0.15, -0.1) is 0 Å². The predicted molar refractivity (Wildman–Crippen MR) is 102 cm³/mol. The van der Waals surface area contributed by atoms with E-state index in [1.54, 1.807) is 31.1 Å². The Morgan fingerprint density at radius 1 is 1.22 bits per heavy atom. The molecule has 0 aromatic heterocycles. The van der Waals surface area contributed by atoms with Gasteiger partial charge in [-0.25, -0.2) is 0 Å². The number of amides is 1. The van der Waals surface area contributed by atoms with Crippen LogP contribution in [0.5, 0.6) is 5.75 Å². The lowest BCUT2D eigenvalue weighted by Crippen LogP contribution is -2.41. The zero-order valence-corrected chi connectivity index (χ0v) is 16.5. The first-order valence-electron chi connectivity index (χ1n) is 9.37. The summed E-state index contributed by atoms with van der Waals surface area (Å²) in [7, 11) is 2.91. The Morgan fingerprint density at radius 2 is 1.93 bits per heavy atom. The van der Waals surface area contributed by atoms with Crippen molar-refractivity contribution in [2.45, 2.75) is 13.3 Å². The van der Waals surface area contributed by atoms with E-state index in [4.69, 9.17) is 14.2 Å². The summed E-state index contributed by atoms with van der Waals surface area (Å²) in [5, 5.41) is 0. The first-order valence-corrected chi connectivity index (χ1v) is 9.37. The van der Waals surface area contributed by atoms with Crippen molar-refractivity contribution in [3.63, 3.8) is 0 Å². The average Bonchev–Trinajstić information content (AvgIpc) is 2.72. The molecule has 2 rings (SSSR count). The van der Waals surface area contributed by atoms with Gasteiger partial charge in [-0.3, -0.25) is 14.5 Å². The second-order valence-electron chi connectivity index (χ2n) is 6.68. The third kappa shape index (κ3) is 6.22. The van der Waals surface area contributed by atoms with Crippen LogP contribution in [0.1, 0.15) is 23.7 Å². The number of hydrogen-bond acceptors (Lipinski definition) is 6. The van der Waals surface area contributed by atoms with E-state index in [-0.39, 0.29) is 11.9 Å². The van der Waals surface area contributed by atoms with Gasteiger partial charge in [0.15, 0.2) is 0 Å². The Bertz CT molecular complexity index is 616. The third-order valence-electron chi connectivity index (χ3n) is 4.73. The molecule has 1 heterocycles. The van der Waals surface area contributed by atoms with E-state index in [2.05, 4.69) is 4.90 Å². The molecule has 1 aromatic carbocycles. The second kappa shape index (κ2) is 10.9. The van der Waals surface area contributed by atoms with E-state index in [1.807, 2.05) is 12.1 Å². The quantitative estimate of drug-likeness (QED) is 0.609. The van der Waals surface area contributed by atoms with Gasteiger partial charge in [-0.2, -0.15) is 0 Å². The number of para-hydroxylation sites is 1. The van der Waals surface area contributed by atoms with Crippen molar-refractivity contribution in [3.05, 3.63) is 29.8 Å². The maximum atomic E-state index is 13.1. The summed E-state index contributed by atoms with van der Waals surface area (Å²) in [6.07, 6.45) is 0.828. The van der Waals surface area contributed by atoms with Gasteiger partial charge in [-0.05, 0) is 18.6 Å². The van der Waals surface area contributed by atoms with Gasteiger partial charge in [0.1, 0.15) is 5.75 Å². The molecule has 0 radical (unpaired) electrons. The molecule has 0 aliphatic carbocycles. The Morgan fingerprint density at radius 3 is 2.59 bits per heavy atom. The van der Waals surface area contributed by atoms with Crippen LogP contribution in [0.3, 0.4) is 0 Å². The molecule has 0 bridgehead atoms. The van der Waals surface area contributed by atoms with Crippen molar-refractivity contribution in [1.29, 1.82) is 0 Å². The van der Waals surface area contributed by atoms with Crippen LogP contribution in [-0.4, -0.2) is 81.8 Å². The van der Waals surface area contributed by atoms with Gasteiger partial charge >= 0.3 is 5.97 Å². The zero-order chi connectivity index (χ0) is 19.6. The minimum atomic E-state index is -0.392. The summed E-state index contributed by atoms with van der Waals surface area (Å²) < 4.78 is 15.5. The van der Waals surface area contributed by atoms with Crippen molar-refractivity contribution >= 4 is 11.9 Å². The maximum absolute atomic E-state index is 13.1. The molecule has 1 aliphatic heterocycles. The highest BCUT2D eigenvalue weighted by atomic mass is 16.5. The molecule has 1 fully saturated rings. The first kappa shape index (κ1) is 21.2. The van der Waals surface area contributed by atoms with Gasteiger partial charge in [0.2, 0.25) is 0 Å². The first-order chi connectivity index (χ1) is 13.1. The molecule has 7 nitrogen and oxygen atoms in total. The highest BCUT2D eigenvalue weighted by Gasteiger charge is 2.24. The van der Waals surface area contributed by atoms with Crippen molar-refractivity contribution < 1.29 is 23.8 Å². The molecule has 150 valence electrons. The molecule has 1 saturated heterocycles. The summed E-state index contributed by atoms with van der Waals surface area (Å²) in [6, 6.07) is 7.16. The molecule has 1 aromatic rings. The van der Waals surface area contributed by atoms with Crippen molar-refractivity contribution in [1.82, 2.24) is 9.80 Å². The van der Waals surface area contributed by atoms with Crippen LogP contribution in [0.4, 0.5) is 0 Å². The highest BCUT2D eigenvalue weighted by molar-refractivity contribution is 5.97. The number of benzene rings is 1. The van der Waals surface area contributed by atoms with Crippen molar-refractivity contribution in [3.8, 4) is 5.75 Å². The molecule has 0 saturated carbocycles. The number of carbonyl (C=O) groups excluding carboxylic acids is 2. The SMILES string of the molecule is COC(=O)C(C)CN(CCCN1CCOCC1)C(=O)c1ccccc1OC. The number of carbonyl (C=O) groups is 2. The van der Waals surface area contributed by atoms with Crippen LogP contribution >= 0.6 is 0 Å². The summed E-state index contributed by atoms with van der Waals surface area (Å²) in [5.41, 5.74) is 0.503. The standard InChI is InChI=1S/C20H30N2O5/c1-16(20(24)26-3)15-22(10-6-9-21-11-13-27-14-12-21)19(23)17-7-4-5-8-18(17)25-2/h4-5,7-8,16H,6,9-15H2,1-3H3. The van der Waals surface area contributed by atoms with E-state index in [0.717, 1.165) is 39.3 Å². The minimum absolute atomic E-state index is 0.134. The lowest BCUT2D eigenvalue weighted by molar-refractivity contribution is -0.145. The fourth-order valence-electron chi connectivity index (χ4n) is 3.18. The number of esters is 1. The van der Waals surface area contributed by atoms with E-state index in [1.165, 1.54) is 7.11 Å². The number of rotatable bonds is 9. The van der Waals surface area contributed by atoms with Crippen LogP contribution in [0.15, 0.2) is 24.3 Å². The predicted octanol–water partition coefficient (Wildman–Crippen LogP) is 1.67. The van der Waals surface area contributed by atoms with Gasteiger partial charge in [0.05, 0.1) is 38.9 Å². The molecule has 1 unspecified atom stereocenters. The molecular formula is C20H30N2O5. The Hall–Kier alpha value is -2.12. The van der Waals surface area contributed by atoms with E-state index < -0.39 is 5.92 Å². The number of hydrogen-bond donors (Lipinski definition) is 0. The Kier molecular flexibility index (Phi) is 8.54. The van der Waals surface area contributed by atoms with Crippen LogP contribution < -0.4 is 4.74 Å². The monoisotopic (exact) mass is 378 g/mol. The summed E-state index contributed by atoms with van der Waals surface area (Å²) in [4.78, 5) is 29.0. The fourth-order valence-corrected chi connectivity index (χ4v) is 3.18. The number of nitrogens with zero attached hydrogens (tertiary/aromatic N) is 2. The molecular weight excluding hydrogens is 348 g/mol. The molecule has 0 N–H and O–H groups in total. The normalized spacial score (nSPS) is 15.8. The molecule has 1 aliphatic rings. The molecule has 1 atom stereocenters. The second-order valence-corrected chi connectivity index (χ2v) is 6.68. The number of morpholine rings is 1. The molecule has 1 amide bonds. The summed E-state index contributed by atoms with van der Waals surface area (Å²) >= 11 is 0. The van der Waals surface area contributed by atoms with Gasteiger partial charge < -0.3 is 19.1 Å². The topological polar surface area (TPSA) is 68.3 Å². The Labute approximate surface area is 161 Å². The maximum Gasteiger partial charge on any atom is 0.310 e. The van der Waals surface area contributed by atoms with Crippen LogP contribution in [0.2, 0.25) is 0 Å². The average molecular weight is 378 g/mol. The largest absolute Gasteiger partial charge is 0.496 e. The van der Waals surface area contributed by atoms with E-state index >= 15 is 0 Å². The van der Waals surface area contributed by atoms with Crippen LogP contribution in [-0.2, 0) is 14.3 Å². The van der Waals surface area contributed by atoms with Crippen molar-refractivity contribution in [2.75, 3.05) is 60.2 Å². The number of methoxy groups -OCH3 is 2. The molecule has 27 heavy (non-hydrogen) atoms. The number of ether oxygens (including phenoxy) is 3. The lowest BCUT2D eigenvalue weighted by atomic mass is 10.1. The van der Waals surface area contributed by atoms with E-state index in [9.17, 15) is 9.59 Å². The summed E-state index contributed by atoms with van der Waals surface area (Å²) in [5.74, 6) is -0.311. The highest BCUT2D eigenvalue weighted by Crippen LogP contribution is 2.20. The molecule has 7 heteroatoms. The molecule has 0 spiro atoms. The van der Waals surface area contributed by atoms with Crippen LogP contribution in [0, 0.1) is 5.92 Å². The third-order valence-corrected chi connectivity index (χ3v) is 4.73. The van der Waals surface area contributed by atoms with Crippen LogP contribution in [0.25, 0.3) is 0 Å². The zero-order valence-electron chi connectivity index (χ0n) is 16.5. The van der Waals surface area contributed by atoms with Gasteiger partial charge in [0, 0.05) is 32.7 Å². The Balaban J connectivity index is 2.05. The smallest absolute Gasteiger partial charge is 0.310 e. The summed E-state index contributed by atoms with van der Waals surface area (Å²) in [6.45, 7) is 6.88. The van der Waals surface area contributed by atoms with Gasteiger partial charge in [0.25, 0.3) is 5.91 Å². The van der Waals surface area contributed by atoms with Gasteiger partial charge in [-0.1, -0.05) is 19.1 Å². The fraction of sp³-hybridized carbons (Fsp3) is 0.600. The van der Waals surface area contributed by atoms with E-state index in [0.29, 0.717) is 24.4 Å². The lowest BCUT2D eigenvalue weighted by Gasteiger charge is -2.29. The minimum Gasteiger partial charge on any atom is -0.496 e. The van der Waals surface area contributed by atoms with Crippen molar-refractivity contribution in [2.24, 2.45) is 5.92 Å².